The van der Waals surface area contributed by atoms with Gasteiger partial charge in [-0.3, -0.25) is 0 Å². The van der Waals surface area contributed by atoms with Crippen molar-refractivity contribution in [2.24, 2.45) is 0 Å². The van der Waals surface area contributed by atoms with Crippen molar-refractivity contribution in [1.29, 1.82) is 0 Å². The highest BCUT2D eigenvalue weighted by Crippen LogP contribution is 2.45. The quantitative estimate of drug-likeness (QED) is 0.0304. The van der Waals surface area contributed by atoms with Crippen LogP contribution in [-0.4, -0.2) is 96.8 Å². The van der Waals surface area contributed by atoms with Gasteiger partial charge in [0.05, 0.1) is 33.0 Å². The average molecular weight is 859 g/mol. The van der Waals surface area contributed by atoms with E-state index in [-0.39, 0.29) is 69.6 Å². The summed E-state index contributed by atoms with van der Waals surface area (Å²) in [5.74, 6) is -1.74. The van der Waals surface area contributed by atoms with Gasteiger partial charge < -0.3 is 43.7 Å². The molecule has 4 atom stereocenters. The van der Waals surface area contributed by atoms with Gasteiger partial charge in [0.25, 0.3) is 0 Å². The van der Waals surface area contributed by atoms with Crippen LogP contribution >= 0.6 is 0 Å². The van der Waals surface area contributed by atoms with Crippen LogP contribution in [0.4, 0.5) is 0 Å². The highest BCUT2D eigenvalue weighted by molar-refractivity contribution is 6.34. The van der Waals surface area contributed by atoms with Crippen LogP contribution in [0, 0.1) is 0 Å². The Morgan fingerprint density at radius 1 is 0.540 bits per heavy atom. The predicted octanol–water partition coefficient (Wildman–Crippen LogP) is 7.59. The van der Waals surface area contributed by atoms with Crippen LogP contribution in [0.3, 0.4) is 0 Å². The minimum Gasteiger partial charge on any atom is -0.460 e. The number of ether oxygens (including phenoxy) is 6. The van der Waals surface area contributed by atoms with E-state index in [4.69, 9.17) is 28.4 Å². The monoisotopic (exact) mass is 858 g/mol. The third-order valence-electron chi connectivity index (χ3n) is 10.5. The molecule has 5 aromatic rings. The van der Waals surface area contributed by atoms with E-state index in [0.29, 0.717) is 0 Å². The minimum atomic E-state index is -1.06. The molecule has 12 nitrogen and oxygen atoms in total. The summed E-state index contributed by atoms with van der Waals surface area (Å²) in [5, 5.41) is 39.5. The lowest BCUT2D eigenvalue weighted by molar-refractivity contribution is -0.144. The fourth-order valence-electron chi connectivity index (χ4n) is 7.22. The highest BCUT2D eigenvalue weighted by atomic mass is 16.6. The highest BCUT2D eigenvalue weighted by Gasteiger charge is 2.26. The number of aliphatic hydroxyl groups excluding tert-OH is 3. The van der Waals surface area contributed by atoms with E-state index in [1.807, 2.05) is 49.4 Å². The first kappa shape index (κ1) is 46.5. The van der Waals surface area contributed by atoms with Crippen molar-refractivity contribution in [3.63, 3.8) is 0 Å². The molecule has 3 N–H and O–H groups in total. The van der Waals surface area contributed by atoms with Gasteiger partial charge in [-0.05, 0) is 117 Å². The van der Waals surface area contributed by atoms with Crippen LogP contribution in [0.1, 0.15) is 49.9 Å². The van der Waals surface area contributed by atoms with E-state index in [1.165, 1.54) is 20.8 Å². The molecule has 5 aromatic carbocycles. The zero-order chi connectivity index (χ0) is 45.4. The van der Waals surface area contributed by atoms with Gasteiger partial charge in [0.2, 0.25) is 0 Å². The Balaban J connectivity index is 1.39. The molecular formula is C51H54O12. The Morgan fingerprint density at radius 3 is 1.51 bits per heavy atom. The van der Waals surface area contributed by atoms with Crippen LogP contribution in [0.15, 0.2) is 109 Å². The predicted molar refractivity (Wildman–Crippen MR) is 244 cm³/mol. The van der Waals surface area contributed by atoms with Gasteiger partial charge in [0.15, 0.2) is 0 Å². The summed E-state index contributed by atoms with van der Waals surface area (Å²) >= 11 is 0. The van der Waals surface area contributed by atoms with Crippen molar-refractivity contribution < 1.29 is 58.1 Å². The number of benzene rings is 5. The lowest BCUT2D eigenvalue weighted by Crippen LogP contribution is -2.31. The second kappa shape index (κ2) is 20.5. The Kier molecular flexibility index (Phi) is 15.1. The van der Waals surface area contributed by atoms with Crippen molar-refractivity contribution in [2.45, 2.75) is 64.8 Å². The molecule has 0 saturated heterocycles. The minimum absolute atomic E-state index is 0.0395. The van der Waals surface area contributed by atoms with Crippen molar-refractivity contribution in [3.8, 4) is 0 Å². The molecule has 330 valence electrons. The van der Waals surface area contributed by atoms with Crippen LogP contribution in [0.2, 0.25) is 0 Å². The fourth-order valence-corrected chi connectivity index (χ4v) is 7.22. The maximum Gasteiger partial charge on any atom is 0.333 e. The van der Waals surface area contributed by atoms with Gasteiger partial charge in [0.1, 0.15) is 43.7 Å². The molecule has 63 heavy (non-hydrogen) atoms. The summed E-state index contributed by atoms with van der Waals surface area (Å²) in [6.45, 7) is 16.7. The first-order valence-corrected chi connectivity index (χ1v) is 20.6. The molecule has 0 amide bonds. The van der Waals surface area contributed by atoms with Crippen LogP contribution < -0.4 is 0 Å². The summed E-state index contributed by atoms with van der Waals surface area (Å²) in [6.07, 6.45) is 4.91. The van der Waals surface area contributed by atoms with Gasteiger partial charge in [-0.25, -0.2) is 14.4 Å². The van der Waals surface area contributed by atoms with Crippen LogP contribution in [0.5, 0.6) is 0 Å². The molecular weight excluding hydrogens is 805 g/mol. The number of esters is 3. The topological polar surface area (TPSA) is 167 Å². The Hall–Kier alpha value is -5.99. The Bertz CT molecular complexity index is 2660. The molecule has 6 rings (SSSR count). The first-order chi connectivity index (χ1) is 30.0. The van der Waals surface area contributed by atoms with E-state index in [2.05, 4.69) is 62.2 Å². The number of hydrogen-bond donors (Lipinski definition) is 3. The molecule has 0 saturated carbocycles. The van der Waals surface area contributed by atoms with E-state index in [0.717, 1.165) is 65.3 Å². The van der Waals surface area contributed by atoms with Crippen LogP contribution in [-0.2, 0) is 56.0 Å². The molecule has 1 aliphatic carbocycles. The smallest absolute Gasteiger partial charge is 0.333 e. The largest absolute Gasteiger partial charge is 0.460 e. The molecule has 0 fully saturated rings. The summed E-state index contributed by atoms with van der Waals surface area (Å²) in [7, 11) is 0. The number of carbonyl (C=O) groups is 3. The van der Waals surface area contributed by atoms with Crippen molar-refractivity contribution in [3.05, 3.63) is 132 Å². The fraction of sp³-hybridized carbons (Fsp3) is 0.314. The standard InChI is InChI=1S/C51H54O12/c1-30(2)48(55)60-26-35(52)24-58-22-33-13-15-42-44(20-33)38-10-8-9-11-41(38)46-43-17-19-51(7,63-29-37(54)28-62-50(57)32(5)6)18-16-40(43)39-14-12-34(21-45(39)47(42)46)23-59-25-36(53)27-61-49(56)31(3)4/h8-21,35-37,52-54H,1,3,5,22-29H2,2,4,6-7H3. The molecule has 0 spiro atoms. The second-order valence-electron chi connectivity index (χ2n) is 16.2. The Morgan fingerprint density at radius 2 is 0.984 bits per heavy atom. The Labute approximate surface area is 366 Å². The maximum absolute atomic E-state index is 11.9. The normalized spacial score (nSPS) is 16.0. The van der Waals surface area contributed by atoms with Crippen molar-refractivity contribution in [2.75, 3.05) is 39.6 Å². The van der Waals surface area contributed by atoms with E-state index in [9.17, 15) is 29.7 Å². The van der Waals surface area contributed by atoms with Crippen LogP contribution in [0.25, 0.3) is 55.2 Å². The molecule has 0 aliphatic heterocycles. The van der Waals surface area contributed by atoms with Gasteiger partial charge in [-0.2, -0.15) is 0 Å². The summed E-state index contributed by atoms with van der Waals surface area (Å²) < 4.78 is 33.4. The molecule has 0 heterocycles. The summed E-state index contributed by atoms with van der Waals surface area (Å²) in [4.78, 5) is 35.5. The maximum atomic E-state index is 11.9. The van der Waals surface area contributed by atoms with E-state index >= 15 is 0 Å². The zero-order valence-electron chi connectivity index (χ0n) is 36.1. The number of hydrogen-bond acceptors (Lipinski definition) is 12. The molecule has 0 radical (unpaired) electrons. The third-order valence-corrected chi connectivity index (χ3v) is 10.5. The number of fused-ring (bicyclic) bond motifs is 11. The van der Waals surface area contributed by atoms with Crippen molar-refractivity contribution in [1.82, 2.24) is 0 Å². The summed E-state index contributed by atoms with van der Waals surface area (Å²) in [6, 6.07) is 20.5. The second-order valence-corrected chi connectivity index (χ2v) is 16.2. The SMILES string of the molecule is C=C(C)C(=O)OCC(O)COCc1ccc2c(c1)c1ccccc1c1c3c(c4ccc(COCC(O)COC(=O)C(=C)C)cc4c21)C=CC(C)(OCC(O)COC(=O)C(=C)C)C=C3. The number of rotatable bonds is 20. The molecule has 1 aliphatic rings. The summed E-state index contributed by atoms with van der Waals surface area (Å²) in [5.41, 5.74) is 3.46. The first-order valence-electron chi connectivity index (χ1n) is 20.6. The molecule has 0 aromatic heterocycles. The number of aliphatic hydroxyl groups is 3. The lowest BCUT2D eigenvalue weighted by Gasteiger charge is -2.24. The molecule has 0 bridgehead atoms. The van der Waals surface area contributed by atoms with Gasteiger partial charge >= 0.3 is 17.9 Å². The van der Waals surface area contributed by atoms with Crippen molar-refractivity contribution >= 4 is 73.1 Å². The van der Waals surface area contributed by atoms with Gasteiger partial charge in [-0.15, -0.1) is 0 Å². The molecule has 12 heteroatoms. The van der Waals surface area contributed by atoms with Gasteiger partial charge in [-0.1, -0.05) is 80.4 Å². The zero-order valence-corrected chi connectivity index (χ0v) is 36.1. The van der Waals surface area contributed by atoms with Gasteiger partial charge in [0, 0.05) is 16.7 Å². The average Bonchev–Trinajstić information content (AvgIpc) is 3.44. The third kappa shape index (κ3) is 11.3. The van der Waals surface area contributed by atoms with E-state index in [1.54, 1.807) is 0 Å². The molecule has 4 unspecified atom stereocenters. The lowest BCUT2D eigenvalue weighted by atomic mass is 9.84. The van der Waals surface area contributed by atoms with E-state index < -0.39 is 41.8 Å². The number of carbonyl (C=O) groups excluding carboxylic acids is 3.